The molecule has 7 heteroatoms. The van der Waals surface area contributed by atoms with Crippen molar-refractivity contribution in [2.24, 2.45) is 0 Å². The predicted molar refractivity (Wildman–Crippen MR) is 79.6 cm³/mol. The van der Waals surface area contributed by atoms with E-state index in [0.717, 1.165) is 0 Å². The van der Waals surface area contributed by atoms with Crippen LogP contribution in [0, 0.1) is 0 Å². The fraction of sp³-hybridized carbons (Fsp3) is 0.571. The maximum absolute atomic E-state index is 12.4. The van der Waals surface area contributed by atoms with E-state index in [1.54, 1.807) is 19.2 Å². The van der Waals surface area contributed by atoms with Crippen molar-refractivity contribution in [2.75, 3.05) is 12.4 Å². The molecular weight excluding hydrogens is 351 g/mol. The molecule has 120 valence electrons. The molecule has 1 aromatic carbocycles. The van der Waals surface area contributed by atoms with Gasteiger partial charge in [0.25, 0.3) is 0 Å². The molecule has 0 saturated heterocycles. The number of hydrogen-bond donors (Lipinski definition) is 1. The second-order valence-corrected chi connectivity index (χ2v) is 6.32. The first kappa shape index (κ1) is 18.1. The van der Waals surface area contributed by atoms with Crippen molar-refractivity contribution in [2.45, 2.75) is 45.2 Å². The van der Waals surface area contributed by atoms with Gasteiger partial charge in [0.1, 0.15) is 0 Å². The van der Waals surface area contributed by atoms with Crippen molar-refractivity contribution < 1.29 is 22.6 Å². The van der Waals surface area contributed by atoms with Crippen LogP contribution in [0.25, 0.3) is 0 Å². The summed E-state index contributed by atoms with van der Waals surface area (Å²) in [6.07, 6.45) is -4.10. The fourth-order valence-electron chi connectivity index (χ4n) is 1.96. The molecule has 0 saturated carbocycles. The van der Waals surface area contributed by atoms with Gasteiger partial charge in [0.15, 0.2) is 5.75 Å². The molecule has 0 fully saturated rings. The Kier molecular flexibility index (Phi) is 5.92. The molecule has 1 unspecified atom stereocenters. The highest BCUT2D eigenvalue weighted by Gasteiger charge is 2.32. The van der Waals surface area contributed by atoms with Gasteiger partial charge in [-0.15, -0.1) is 13.2 Å². The molecule has 1 atom stereocenters. The third-order valence-corrected chi connectivity index (χ3v) is 3.41. The molecule has 0 radical (unpaired) electrons. The number of benzene rings is 1. The lowest BCUT2D eigenvalue weighted by molar-refractivity contribution is -0.274. The number of methoxy groups -OCH3 is 1. The molecule has 0 bridgehead atoms. The minimum Gasteiger partial charge on any atom is -0.404 e. The predicted octanol–water partition coefficient (Wildman–Crippen LogP) is 4.96. The van der Waals surface area contributed by atoms with Crippen LogP contribution in [0.15, 0.2) is 22.7 Å². The van der Waals surface area contributed by atoms with Crippen LogP contribution in [-0.4, -0.2) is 25.1 Å². The van der Waals surface area contributed by atoms with E-state index in [0.29, 0.717) is 10.9 Å². The molecule has 0 aliphatic rings. The maximum atomic E-state index is 12.4. The summed E-state index contributed by atoms with van der Waals surface area (Å²) in [6.45, 7) is 5.71. The Balaban J connectivity index is 2.87. The van der Waals surface area contributed by atoms with E-state index in [1.165, 1.54) is 6.07 Å². The standard InChI is InChI=1S/C14H19BrF3NO2/c1-9(8-13(2,3)20-4)19-11-6-5-10(15)7-12(11)21-14(16,17)18/h5-7,9,19H,8H2,1-4H3. The summed E-state index contributed by atoms with van der Waals surface area (Å²) in [6, 6.07) is 4.39. The van der Waals surface area contributed by atoms with E-state index in [4.69, 9.17) is 4.74 Å². The first-order valence-electron chi connectivity index (χ1n) is 6.39. The molecule has 0 spiro atoms. The van der Waals surface area contributed by atoms with E-state index in [9.17, 15) is 13.2 Å². The van der Waals surface area contributed by atoms with Crippen molar-refractivity contribution in [3.63, 3.8) is 0 Å². The molecular formula is C14H19BrF3NO2. The van der Waals surface area contributed by atoms with Gasteiger partial charge in [0.05, 0.1) is 11.3 Å². The summed E-state index contributed by atoms with van der Waals surface area (Å²) in [5.41, 5.74) is -0.0813. The van der Waals surface area contributed by atoms with E-state index in [2.05, 4.69) is 26.0 Å². The summed E-state index contributed by atoms with van der Waals surface area (Å²) >= 11 is 3.13. The zero-order chi connectivity index (χ0) is 16.3. The van der Waals surface area contributed by atoms with E-state index in [1.807, 2.05) is 20.8 Å². The number of rotatable bonds is 6. The average molecular weight is 370 g/mol. The number of hydrogen-bond acceptors (Lipinski definition) is 3. The maximum Gasteiger partial charge on any atom is 0.573 e. The molecule has 3 nitrogen and oxygen atoms in total. The van der Waals surface area contributed by atoms with Gasteiger partial charge in [-0.1, -0.05) is 15.9 Å². The molecule has 0 aliphatic carbocycles. The molecule has 1 aromatic rings. The monoisotopic (exact) mass is 369 g/mol. The molecule has 0 aliphatic heterocycles. The third kappa shape index (κ3) is 6.56. The molecule has 1 N–H and O–H groups in total. The molecule has 1 rings (SSSR count). The third-order valence-electron chi connectivity index (χ3n) is 2.92. The number of anilines is 1. The minimum absolute atomic E-state index is 0.0864. The van der Waals surface area contributed by atoms with Crippen LogP contribution >= 0.6 is 15.9 Å². The summed E-state index contributed by atoms with van der Waals surface area (Å²) in [7, 11) is 1.60. The Morgan fingerprint density at radius 2 is 1.90 bits per heavy atom. The van der Waals surface area contributed by atoms with Gasteiger partial charge in [-0.25, -0.2) is 0 Å². The quantitative estimate of drug-likeness (QED) is 0.768. The summed E-state index contributed by atoms with van der Waals surface area (Å²) in [4.78, 5) is 0. The molecule has 0 aromatic heterocycles. The van der Waals surface area contributed by atoms with Crippen molar-refractivity contribution in [3.05, 3.63) is 22.7 Å². The summed E-state index contributed by atoms with van der Waals surface area (Å²) in [5, 5.41) is 3.02. The van der Waals surface area contributed by atoms with Crippen LogP contribution < -0.4 is 10.1 Å². The molecule has 21 heavy (non-hydrogen) atoms. The topological polar surface area (TPSA) is 30.5 Å². The van der Waals surface area contributed by atoms with E-state index in [-0.39, 0.29) is 23.1 Å². The van der Waals surface area contributed by atoms with Gasteiger partial charge in [0, 0.05) is 17.6 Å². The first-order chi connectivity index (χ1) is 9.52. The van der Waals surface area contributed by atoms with Gasteiger partial charge in [-0.3, -0.25) is 0 Å². The lowest BCUT2D eigenvalue weighted by Crippen LogP contribution is -2.31. The Hall–Kier alpha value is -0.950. The van der Waals surface area contributed by atoms with Crippen LogP contribution in [0.5, 0.6) is 5.75 Å². The van der Waals surface area contributed by atoms with Gasteiger partial charge < -0.3 is 14.8 Å². The summed E-state index contributed by atoms with van der Waals surface area (Å²) in [5.74, 6) is -0.265. The van der Waals surface area contributed by atoms with Crippen LogP contribution in [0.3, 0.4) is 0 Å². The Bertz CT molecular complexity index is 478. The molecule has 0 amide bonds. The van der Waals surface area contributed by atoms with Crippen molar-refractivity contribution in [1.29, 1.82) is 0 Å². The van der Waals surface area contributed by atoms with Crippen molar-refractivity contribution in [1.82, 2.24) is 0 Å². The van der Waals surface area contributed by atoms with E-state index < -0.39 is 6.36 Å². The smallest absolute Gasteiger partial charge is 0.404 e. The van der Waals surface area contributed by atoms with Gasteiger partial charge in [-0.05, 0) is 45.4 Å². The average Bonchev–Trinajstić information content (AvgIpc) is 2.30. The minimum atomic E-state index is -4.73. The van der Waals surface area contributed by atoms with Crippen molar-refractivity contribution >= 4 is 21.6 Å². The zero-order valence-electron chi connectivity index (χ0n) is 12.3. The second-order valence-electron chi connectivity index (χ2n) is 5.40. The number of ether oxygens (including phenoxy) is 2. The highest BCUT2D eigenvalue weighted by molar-refractivity contribution is 9.10. The number of nitrogens with one attached hydrogen (secondary N) is 1. The second kappa shape index (κ2) is 6.87. The van der Waals surface area contributed by atoms with Crippen LogP contribution in [0.4, 0.5) is 18.9 Å². The van der Waals surface area contributed by atoms with Gasteiger partial charge >= 0.3 is 6.36 Å². The largest absolute Gasteiger partial charge is 0.573 e. The first-order valence-corrected chi connectivity index (χ1v) is 7.19. The molecule has 0 heterocycles. The number of alkyl halides is 3. The van der Waals surface area contributed by atoms with Crippen molar-refractivity contribution in [3.8, 4) is 5.75 Å². The lowest BCUT2D eigenvalue weighted by Gasteiger charge is -2.28. The van der Waals surface area contributed by atoms with Crippen LogP contribution in [-0.2, 0) is 4.74 Å². The van der Waals surface area contributed by atoms with Crippen LogP contribution in [0.2, 0.25) is 0 Å². The van der Waals surface area contributed by atoms with Gasteiger partial charge in [-0.2, -0.15) is 0 Å². The lowest BCUT2D eigenvalue weighted by atomic mass is 9.99. The Labute approximate surface area is 130 Å². The normalized spacial score (nSPS) is 13.9. The zero-order valence-corrected chi connectivity index (χ0v) is 13.9. The summed E-state index contributed by atoms with van der Waals surface area (Å²) < 4.78 is 47.2. The highest BCUT2D eigenvalue weighted by atomic mass is 79.9. The SMILES string of the molecule is COC(C)(C)CC(C)Nc1ccc(Br)cc1OC(F)(F)F. The highest BCUT2D eigenvalue weighted by Crippen LogP contribution is 2.34. The van der Waals surface area contributed by atoms with E-state index >= 15 is 0 Å². The number of halogens is 4. The van der Waals surface area contributed by atoms with Gasteiger partial charge in [0.2, 0.25) is 0 Å². The van der Waals surface area contributed by atoms with Crippen LogP contribution in [0.1, 0.15) is 27.2 Å². The Morgan fingerprint density at radius 3 is 2.43 bits per heavy atom. The Morgan fingerprint density at radius 1 is 1.29 bits per heavy atom. The fourth-order valence-corrected chi connectivity index (χ4v) is 2.30.